The van der Waals surface area contributed by atoms with E-state index in [9.17, 15) is 17.6 Å². The smallest absolute Gasteiger partial charge is 0.251 e. The molecule has 2 aromatic carbocycles. The van der Waals surface area contributed by atoms with E-state index < -0.39 is 10.0 Å². The van der Waals surface area contributed by atoms with E-state index in [1.165, 1.54) is 10.4 Å². The fraction of sp³-hybridized carbons (Fsp3) is 0.316. The topological polar surface area (TPSA) is 66.5 Å². The van der Waals surface area contributed by atoms with Crippen LogP contribution in [0, 0.1) is 12.7 Å². The summed E-state index contributed by atoms with van der Waals surface area (Å²) in [5.74, 6) is -0.610. The van der Waals surface area contributed by atoms with Gasteiger partial charge in [0, 0.05) is 25.2 Å². The maximum absolute atomic E-state index is 13.7. The molecule has 0 aliphatic carbocycles. The Morgan fingerprint density at radius 2 is 1.73 bits per heavy atom. The Morgan fingerprint density at radius 3 is 2.35 bits per heavy atom. The SMILES string of the molecule is Cc1ccc(C(=O)NCCN(CCc2ccccc2F)S(C)(=O)=O)cc1. The highest BCUT2D eigenvalue weighted by Gasteiger charge is 2.17. The molecule has 5 nitrogen and oxygen atoms in total. The Balaban J connectivity index is 1.91. The van der Waals surface area contributed by atoms with Crippen LogP contribution < -0.4 is 5.32 Å². The minimum atomic E-state index is -3.46. The van der Waals surface area contributed by atoms with Gasteiger partial charge in [-0.3, -0.25) is 4.79 Å². The van der Waals surface area contributed by atoms with E-state index in [0.717, 1.165) is 11.8 Å². The number of hydrogen-bond acceptors (Lipinski definition) is 3. The predicted molar refractivity (Wildman–Crippen MR) is 100 cm³/mol. The molecule has 0 radical (unpaired) electrons. The number of aryl methyl sites for hydroxylation is 1. The van der Waals surface area contributed by atoms with E-state index in [1.807, 2.05) is 19.1 Å². The quantitative estimate of drug-likeness (QED) is 0.767. The number of amides is 1. The maximum atomic E-state index is 13.7. The molecule has 26 heavy (non-hydrogen) atoms. The van der Waals surface area contributed by atoms with Crippen molar-refractivity contribution in [1.29, 1.82) is 0 Å². The van der Waals surface area contributed by atoms with Crippen molar-refractivity contribution in [2.24, 2.45) is 0 Å². The molecular formula is C19H23FN2O3S. The van der Waals surface area contributed by atoms with Crippen molar-refractivity contribution in [2.75, 3.05) is 25.9 Å². The molecule has 0 heterocycles. The van der Waals surface area contributed by atoms with Crippen molar-refractivity contribution in [3.05, 3.63) is 71.0 Å². The zero-order valence-corrected chi connectivity index (χ0v) is 15.7. The molecule has 1 amide bonds. The van der Waals surface area contributed by atoms with Gasteiger partial charge in [-0.05, 0) is 37.1 Å². The largest absolute Gasteiger partial charge is 0.351 e. The second-order valence-electron chi connectivity index (χ2n) is 6.13. The molecule has 0 atom stereocenters. The Kier molecular flexibility index (Phi) is 6.88. The Morgan fingerprint density at radius 1 is 1.08 bits per heavy atom. The highest BCUT2D eigenvalue weighted by atomic mass is 32.2. The third-order valence-corrected chi connectivity index (χ3v) is 5.32. The minimum Gasteiger partial charge on any atom is -0.351 e. The molecule has 2 aromatic rings. The highest BCUT2D eigenvalue weighted by Crippen LogP contribution is 2.09. The zero-order valence-electron chi connectivity index (χ0n) is 14.9. The van der Waals surface area contributed by atoms with Crippen LogP contribution in [0.5, 0.6) is 0 Å². The standard InChI is InChI=1S/C19H23FN2O3S/c1-15-7-9-17(10-8-15)19(23)21-12-14-22(26(2,24)25)13-11-16-5-3-4-6-18(16)20/h3-10H,11-14H2,1-2H3,(H,21,23). The predicted octanol–water partition coefficient (Wildman–Crippen LogP) is 2.37. The monoisotopic (exact) mass is 378 g/mol. The summed E-state index contributed by atoms with van der Waals surface area (Å²) in [7, 11) is -3.46. The summed E-state index contributed by atoms with van der Waals surface area (Å²) in [4.78, 5) is 12.1. The minimum absolute atomic E-state index is 0.130. The summed E-state index contributed by atoms with van der Waals surface area (Å²) in [6, 6.07) is 13.4. The van der Waals surface area contributed by atoms with Gasteiger partial charge in [0.25, 0.3) is 5.91 Å². The lowest BCUT2D eigenvalue weighted by Gasteiger charge is -2.20. The van der Waals surface area contributed by atoms with E-state index in [0.29, 0.717) is 11.1 Å². The van der Waals surface area contributed by atoms with Gasteiger partial charge in [0.2, 0.25) is 10.0 Å². The number of carbonyl (C=O) groups is 1. The lowest BCUT2D eigenvalue weighted by Crippen LogP contribution is -2.39. The third kappa shape index (κ3) is 5.93. The van der Waals surface area contributed by atoms with Crippen molar-refractivity contribution in [3.63, 3.8) is 0 Å². The van der Waals surface area contributed by atoms with Crippen LogP contribution in [0.2, 0.25) is 0 Å². The van der Waals surface area contributed by atoms with Crippen molar-refractivity contribution < 1.29 is 17.6 Å². The second-order valence-corrected chi connectivity index (χ2v) is 8.11. The van der Waals surface area contributed by atoms with E-state index in [-0.39, 0.29) is 37.8 Å². The average Bonchev–Trinajstić information content (AvgIpc) is 2.58. The van der Waals surface area contributed by atoms with Crippen LogP contribution in [0.15, 0.2) is 48.5 Å². The molecule has 0 fully saturated rings. The first-order chi connectivity index (χ1) is 12.3. The van der Waals surface area contributed by atoms with E-state index in [2.05, 4.69) is 5.32 Å². The second kappa shape index (κ2) is 8.91. The van der Waals surface area contributed by atoms with Gasteiger partial charge < -0.3 is 5.32 Å². The molecule has 7 heteroatoms. The number of sulfonamides is 1. The van der Waals surface area contributed by atoms with E-state index in [4.69, 9.17) is 0 Å². The normalized spacial score (nSPS) is 11.5. The summed E-state index contributed by atoms with van der Waals surface area (Å²) in [5.41, 5.74) is 2.04. The molecule has 140 valence electrons. The molecule has 0 unspecified atom stereocenters. The average molecular weight is 378 g/mol. The van der Waals surface area contributed by atoms with Gasteiger partial charge in [-0.15, -0.1) is 0 Å². The number of nitrogens with one attached hydrogen (secondary N) is 1. The van der Waals surface area contributed by atoms with Crippen LogP contribution in [0.25, 0.3) is 0 Å². The van der Waals surface area contributed by atoms with E-state index in [1.54, 1.807) is 30.3 Å². The fourth-order valence-electron chi connectivity index (χ4n) is 2.49. The molecule has 2 rings (SSSR count). The number of nitrogens with zero attached hydrogens (tertiary/aromatic N) is 1. The van der Waals surface area contributed by atoms with Gasteiger partial charge in [0.1, 0.15) is 5.82 Å². The first kappa shape index (κ1) is 20.1. The third-order valence-electron chi connectivity index (χ3n) is 4.02. The van der Waals surface area contributed by atoms with E-state index >= 15 is 0 Å². The first-order valence-electron chi connectivity index (χ1n) is 8.31. The molecule has 0 aliphatic rings. The number of hydrogen-bond donors (Lipinski definition) is 1. The zero-order chi connectivity index (χ0) is 19.2. The van der Waals surface area contributed by atoms with Gasteiger partial charge in [-0.25, -0.2) is 17.1 Å². The molecule has 0 spiro atoms. The summed E-state index contributed by atoms with van der Waals surface area (Å²) in [5, 5.41) is 2.71. The molecule has 0 bridgehead atoms. The van der Waals surface area contributed by atoms with Gasteiger partial charge >= 0.3 is 0 Å². The molecule has 0 aliphatic heterocycles. The maximum Gasteiger partial charge on any atom is 0.251 e. The lowest BCUT2D eigenvalue weighted by atomic mass is 10.1. The van der Waals surface area contributed by atoms with Gasteiger partial charge in [0.15, 0.2) is 0 Å². The molecule has 0 saturated carbocycles. The van der Waals surface area contributed by atoms with Crippen LogP contribution in [0.3, 0.4) is 0 Å². The van der Waals surface area contributed by atoms with Crippen molar-refractivity contribution in [2.45, 2.75) is 13.3 Å². The summed E-state index contributed by atoms with van der Waals surface area (Å²) >= 11 is 0. The van der Waals surface area contributed by atoms with Gasteiger partial charge in [-0.2, -0.15) is 0 Å². The summed E-state index contributed by atoms with van der Waals surface area (Å²) in [6.45, 7) is 2.39. The summed E-state index contributed by atoms with van der Waals surface area (Å²) in [6.07, 6.45) is 1.38. The van der Waals surface area contributed by atoms with Crippen LogP contribution in [-0.4, -0.2) is 44.5 Å². The highest BCUT2D eigenvalue weighted by molar-refractivity contribution is 7.88. The molecule has 0 saturated heterocycles. The van der Waals surface area contributed by atoms with Crippen molar-refractivity contribution in [1.82, 2.24) is 9.62 Å². The molecular weight excluding hydrogens is 355 g/mol. The Bertz CT molecular complexity index is 851. The van der Waals surface area contributed by atoms with Gasteiger partial charge in [-0.1, -0.05) is 35.9 Å². The van der Waals surface area contributed by atoms with Crippen molar-refractivity contribution in [3.8, 4) is 0 Å². The van der Waals surface area contributed by atoms with Crippen LogP contribution in [-0.2, 0) is 16.4 Å². The molecule has 1 N–H and O–H groups in total. The number of halogens is 1. The number of benzene rings is 2. The Labute approximate surface area is 153 Å². The molecule has 0 aromatic heterocycles. The first-order valence-corrected chi connectivity index (χ1v) is 10.2. The number of rotatable bonds is 8. The fourth-order valence-corrected chi connectivity index (χ4v) is 3.34. The van der Waals surface area contributed by atoms with Crippen LogP contribution in [0.1, 0.15) is 21.5 Å². The lowest BCUT2D eigenvalue weighted by molar-refractivity contribution is 0.0951. The van der Waals surface area contributed by atoms with Crippen LogP contribution >= 0.6 is 0 Å². The Hall–Kier alpha value is -2.25. The summed E-state index contributed by atoms with van der Waals surface area (Å²) < 4.78 is 38.8. The van der Waals surface area contributed by atoms with Gasteiger partial charge in [0.05, 0.1) is 6.26 Å². The number of carbonyl (C=O) groups excluding carboxylic acids is 1. The van der Waals surface area contributed by atoms with Crippen LogP contribution in [0.4, 0.5) is 4.39 Å². The van der Waals surface area contributed by atoms with Crippen molar-refractivity contribution >= 4 is 15.9 Å².